The van der Waals surface area contributed by atoms with Crippen molar-refractivity contribution in [1.82, 2.24) is 0 Å². The second kappa shape index (κ2) is 6.52. The molecular formula is C20H35O6P. The maximum absolute atomic E-state index is 11.2. The first kappa shape index (κ1) is 20.3. The number of aliphatic hydroxyl groups excluding tert-OH is 1. The van der Waals surface area contributed by atoms with Crippen LogP contribution in [-0.2, 0) is 9.09 Å². The highest BCUT2D eigenvalue weighted by atomic mass is 31.2. The van der Waals surface area contributed by atoms with Gasteiger partial charge < -0.3 is 20.0 Å². The Bertz CT molecular complexity index is 636. The first-order chi connectivity index (χ1) is 12.5. The van der Waals surface area contributed by atoms with Crippen LogP contribution < -0.4 is 0 Å². The topological polar surface area (TPSA) is 107 Å². The average Bonchev–Trinajstić information content (AvgIpc) is 2.86. The Balaban J connectivity index is 1.53. The lowest BCUT2D eigenvalue weighted by molar-refractivity contribution is -0.168. The summed E-state index contributed by atoms with van der Waals surface area (Å²) in [6.45, 7) is 4.44. The number of hydrogen-bond acceptors (Lipinski definition) is 4. The quantitative estimate of drug-likeness (QED) is 0.540. The van der Waals surface area contributed by atoms with Crippen LogP contribution in [0.3, 0.4) is 0 Å². The van der Waals surface area contributed by atoms with E-state index in [1.165, 1.54) is 0 Å². The van der Waals surface area contributed by atoms with Gasteiger partial charge in [-0.3, -0.25) is 4.52 Å². The minimum atomic E-state index is -4.43. The number of phosphoric ester groups is 1. The van der Waals surface area contributed by atoms with Gasteiger partial charge in [-0.25, -0.2) is 4.57 Å². The maximum Gasteiger partial charge on any atom is 0.469 e. The molecule has 4 aliphatic rings. The van der Waals surface area contributed by atoms with Crippen molar-refractivity contribution in [1.29, 1.82) is 0 Å². The van der Waals surface area contributed by atoms with Crippen molar-refractivity contribution in [3.63, 3.8) is 0 Å². The standard InChI is InChI=1S/C20H35O6P/c1-18-8-5-14(26-27(23,24)25)11-13(18)3-4-15-16(18)6-9-19(2)17(15)7-10-20(19,22)12-21/h13-17,21-22H,3-12H2,1-2H3,(H2,23,24,25)/t13-,14+,15+,16-,17-,18-,19-,20+/m0/s1. The minimum absolute atomic E-state index is 0.140. The summed E-state index contributed by atoms with van der Waals surface area (Å²) >= 11 is 0. The van der Waals surface area contributed by atoms with Gasteiger partial charge in [-0.1, -0.05) is 13.8 Å². The molecule has 0 aromatic heterocycles. The molecule has 4 aliphatic carbocycles. The van der Waals surface area contributed by atoms with E-state index in [1.807, 2.05) is 0 Å². The van der Waals surface area contributed by atoms with Crippen LogP contribution in [0, 0.1) is 34.5 Å². The molecule has 4 fully saturated rings. The van der Waals surface area contributed by atoms with Crippen molar-refractivity contribution in [3.8, 4) is 0 Å². The fourth-order valence-electron chi connectivity index (χ4n) is 7.88. The van der Waals surface area contributed by atoms with Gasteiger partial charge in [0.15, 0.2) is 0 Å². The molecule has 0 amide bonds. The predicted molar refractivity (Wildman–Crippen MR) is 101 cm³/mol. The largest absolute Gasteiger partial charge is 0.469 e. The highest BCUT2D eigenvalue weighted by Gasteiger charge is 2.64. The summed E-state index contributed by atoms with van der Waals surface area (Å²) in [6.07, 6.45) is 8.01. The van der Waals surface area contributed by atoms with Gasteiger partial charge in [-0.15, -0.1) is 0 Å². The molecule has 0 aromatic rings. The summed E-state index contributed by atoms with van der Waals surface area (Å²) in [5, 5.41) is 20.9. The highest BCUT2D eigenvalue weighted by molar-refractivity contribution is 7.46. The Morgan fingerprint density at radius 1 is 1.00 bits per heavy atom. The van der Waals surface area contributed by atoms with E-state index < -0.39 is 13.4 Å². The van der Waals surface area contributed by atoms with Crippen molar-refractivity contribution in [2.75, 3.05) is 6.61 Å². The molecule has 4 N–H and O–H groups in total. The molecule has 27 heavy (non-hydrogen) atoms. The van der Waals surface area contributed by atoms with Crippen LogP contribution in [0.2, 0.25) is 0 Å². The molecule has 0 radical (unpaired) electrons. The van der Waals surface area contributed by atoms with Crippen molar-refractivity contribution in [2.24, 2.45) is 34.5 Å². The molecular weight excluding hydrogens is 367 g/mol. The molecule has 0 spiro atoms. The monoisotopic (exact) mass is 402 g/mol. The van der Waals surface area contributed by atoms with Gasteiger partial charge in [0.25, 0.3) is 0 Å². The third kappa shape index (κ3) is 3.06. The summed E-state index contributed by atoms with van der Waals surface area (Å²) in [4.78, 5) is 18.3. The van der Waals surface area contributed by atoms with Crippen LogP contribution in [0.25, 0.3) is 0 Å². The fourth-order valence-corrected chi connectivity index (χ4v) is 8.46. The number of hydrogen-bond donors (Lipinski definition) is 4. The van der Waals surface area contributed by atoms with Gasteiger partial charge in [0, 0.05) is 5.41 Å². The van der Waals surface area contributed by atoms with Crippen LogP contribution in [0.4, 0.5) is 0 Å². The summed E-state index contributed by atoms with van der Waals surface area (Å²) in [7, 11) is -4.43. The SMILES string of the molecule is C[C@]12CC[C@@H](OP(=O)(O)O)C[C@@H]1CC[C@@H]1[C@@H]2CC[C@@]2(C)[C@H]1CC[C@@]2(O)CO. The van der Waals surface area contributed by atoms with Gasteiger partial charge in [-0.05, 0) is 86.9 Å². The Hall–Kier alpha value is 0.0300. The molecule has 0 bridgehead atoms. The molecule has 0 aliphatic heterocycles. The zero-order valence-corrected chi connectivity index (χ0v) is 17.4. The first-order valence-electron chi connectivity index (χ1n) is 10.6. The van der Waals surface area contributed by atoms with E-state index in [-0.39, 0.29) is 23.5 Å². The lowest BCUT2D eigenvalue weighted by Gasteiger charge is -2.61. The Labute approximate surface area is 161 Å². The fraction of sp³-hybridized carbons (Fsp3) is 1.00. The molecule has 0 unspecified atom stereocenters. The first-order valence-corrected chi connectivity index (χ1v) is 12.1. The highest BCUT2D eigenvalue weighted by Crippen LogP contribution is 2.68. The van der Waals surface area contributed by atoms with E-state index in [0.717, 1.165) is 44.9 Å². The normalized spacial score (nSPS) is 52.7. The molecule has 8 atom stereocenters. The summed E-state index contributed by atoms with van der Waals surface area (Å²) in [6, 6.07) is 0. The van der Waals surface area contributed by atoms with Gasteiger partial charge in [0.05, 0.1) is 18.3 Å². The average molecular weight is 402 g/mol. The minimum Gasteiger partial charge on any atom is -0.393 e. The molecule has 4 rings (SSSR count). The van der Waals surface area contributed by atoms with Crippen molar-refractivity contribution in [3.05, 3.63) is 0 Å². The number of fused-ring (bicyclic) bond motifs is 5. The van der Waals surface area contributed by atoms with E-state index in [1.54, 1.807) is 0 Å². The second-order valence-electron chi connectivity index (χ2n) is 10.3. The molecule has 0 saturated heterocycles. The van der Waals surface area contributed by atoms with Gasteiger partial charge >= 0.3 is 7.82 Å². The van der Waals surface area contributed by atoms with Gasteiger partial charge in [0.1, 0.15) is 0 Å². The van der Waals surface area contributed by atoms with E-state index in [4.69, 9.17) is 14.3 Å². The van der Waals surface area contributed by atoms with Crippen molar-refractivity contribution < 1.29 is 29.1 Å². The zero-order chi connectivity index (χ0) is 19.7. The second-order valence-corrected chi connectivity index (χ2v) is 11.5. The van der Waals surface area contributed by atoms with Gasteiger partial charge in [-0.2, -0.15) is 0 Å². The van der Waals surface area contributed by atoms with Crippen LogP contribution in [-0.4, -0.2) is 38.3 Å². The van der Waals surface area contributed by atoms with Crippen LogP contribution in [0.5, 0.6) is 0 Å². The van der Waals surface area contributed by atoms with E-state index >= 15 is 0 Å². The van der Waals surface area contributed by atoms with Crippen LogP contribution >= 0.6 is 7.82 Å². The molecule has 156 valence electrons. The Kier molecular flexibility index (Phi) is 4.90. The number of rotatable bonds is 3. The van der Waals surface area contributed by atoms with E-state index in [0.29, 0.717) is 36.5 Å². The predicted octanol–water partition coefficient (Wildman–Crippen LogP) is 3.23. The summed E-state index contributed by atoms with van der Waals surface area (Å²) in [5.41, 5.74) is -0.929. The summed E-state index contributed by atoms with van der Waals surface area (Å²) in [5.74, 6) is 2.11. The van der Waals surface area contributed by atoms with Crippen molar-refractivity contribution >= 4 is 7.82 Å². The third-order valence-electron chi connectivity index (χ3n) is 9.49. The third-order valence-corrected chi connectivity index (χ3v) is 10.1. The van der Waals surface area contributed by atoms with Crippen LogP contribution in [0.15, 0.2) is 0 Å². The molecule has 6 nitrogen and oxygen atoms in total. The molecule has 4 saturated carbocycles. The van der Waals surface area contributed by atoms with E-state index in [2.05, 4.69) is 13.8 Å². The Morgan fingerprint density at radius 3 is 2.37 bits per heavy atom. The maximum atomic E-state index is 11.2. The van der Waals surface area contributed by atoms with Crippen molar-refractivity contribution in [2.45, 2.75) is 83.3 Å². The lowest BCUT2D eigenvalue weighted by Crippen LogP contribution is -2.57. The number of phosphoric acid groups is 1. The lowest BCUT2D eigenvalue weighted by atomic mass is 9.44. The Morgan fingerprint density at radius 2 is 1.70 bits per heavy atom. The molecule has 0 heterocycles. The van der Waals surface area contributed by atoms with E-state index in [9.17, 15) is 14.8 Å². The number of aliphatic hydroxyl groups is 2. The van der Waals surface area contributed by atoms with Crippen LogP contribution in [0.1, 0.15) is 71.6 Å². The smallest absolute Gasteiger partial charge is 0.393 e. The summed E-state index contributed by atoms with van der Waals surface area (Å²) < 4.78 is 16.3. The molecule has 0 aromatic carbocycles. The van der Waals surface area contributed by atoms with Gasteiger partial charge in [0.2, 0.25) is 0 Å². The molecule has 7 heteroatoms. The zero-order valence-electron chi connectivity index (χ0n) is 16.5.